The summed E-state index contributed by atoms with van der Waals surface area (Å²) in [6.45, 7) is 13.4. The van der Waals surface area contributed by atoms with E-state index in [0.29, 0.717) is 12.1 Å². The van der Waals surface area contributed by atoms with Crippen LogP contribution in [0, 0.1) is 0 Å². The van der Waals surface area contributed by atoms with E-state index < -0.39 is 0 Å². The summed E-state index contributed by atoms with van der Waals surface area (Å²) in [5.41, 5.74) is 0. The SMILES string of the molecule is CCOC(CCN(CC1CCCN1)C(C)C)OCC. The van der Waals surface area contributed by atoms with Gasteiger partial charge in [-0.05, 0) is 47.1 Å². The van der Waals surface area contributed by atoms with E-state index in [-0.39, 0.29) is 6.29 Å². The lowest BCUT2D eigenvalue weighted by molar-refractivity contribution is -0.142. The van der Waals surface area contributed by atoms with E-state index in [0.717, 1.165) is 32.7 Å². The second kappa shape index (κ2) is 9.70. The van der Waals surface area contributed by atoms with E-state index in [1.54, 1.807) is 0 Å². The molecule has 0 saturated carbocycles. The van der Waals surface area contributed by atoms with Gasteiger partial charge in [-0.2, -0.15) is 0 Å². The van der Waals surface area contributed by atoms with Crippen LogP contribution in [0.25, 0.3) is 0 Å². The van der Waals surface area contributed by atoms with Gasteiger partial charge in [0.2, 0.25) is 0 Å². The predicted octanol–water partition coefficient (Wildman–Crippen LogP) is 2.24. The van der Waals surface area contributed by atoms with Crippen LogP contribution >= 0.6 is 0 Å². The number of hydrogen-bond donors (Lipinski definition) is 1. The molecule has 0 aromatic rings. The van der Waals surface area contributed by atoms with Gasteiger partial charge in [-0.3, -0.25) is 4.90 Å². The first-order chi connectivity index (χ1) is 9.17. The van der Waals surface area contributed by atoms with Crippen molar-refractivity contribution < 1.29 is 9.47 Å². The number of nitrogens with zero attached hydrogens (tertiary/aromatic N) is 1. The minimum Gasteiger partial charge on any atom is -0.353 e. The average molecular weight is 272 g/mol. The van der Waals surface area contributed by atoms with Gasteiger partial charge in [-0.1, -0.05) is 0 Å². The highest BCUT2D eigenvalue weighted by atomic mass is 16.7. The largest absolute Gasteiger partial charge is 0.353 e. The maximum absolute atomic E-state index is 5.62. The summed E-state index contributed by atoms with van der Waals surface area (Å²) in [5, 5.41) is 3.58. The fourth-order valence-electron chi connectivity index (χ4n) is 2.61. The van der Waals surface area contributed by atoms with Gasteiger partial charge in [0, 0.05) is 44.8 Å². The topological polar surface area (TPSA) is 33.7 Å². The van der Waals surface area contributed by atoms with Crippen LogP contribution in [0.3, 0.4) is 0 Å². The Morgan fingerprint density at radius 1 is 1.21 bits per heavy atom. The molecule has 1 unspecified atom stereocenters. The van der Waals surface area contributed by atoms with Crippen LogP contribution in [0.2, 0.25) is 0 Å². The highest BCUT2D eigenvalue weighted by molar-refractivity contribution is 4.79. The number of ether oxygens (including phenoxy) is 2. The van der Waals surface area contributed by atoms with E-state index in [1.165, 1.54) is 19.4 Å². The van der Waals surface area contributed by atoms with E-state index in [9.17, 15) is 0 Å². The molecular weight excluding hydrogens is 240 g/mol. The molecule has 0 aromatic heterocycles. The molecule has 1 atom stereocenters. The van der Waals surface area contributed by atoms with Gasteiger partial charge < -0.3 is 14.8 Å². The van der Waals surface area contributed by atoms with Crippen molar-refractivity contribution in [3.8, 4) is 0 Å². The monoisotopic (exact) mass is 272 g/mol. The van der Waals surface area contributed by atoms with Gasteiger partial charge in [0.1, 0.15) is 0 Å². The van der Waals surface area contributed by atoms with Crippen molar-refractivity contribution in [2.75, 3.05) is 32.8 Å². The number of rotatable bonds is 10. The molecule has 114 valence electrons. The fraction of sp³-hybridized carbons (Fsp3) is 1.00. The quantitative estimate of drug-likeness (QED) is 0.618. The Kier molecular flexibility index (Phi) is 8.62. The van der Waals surface area contributed by atoms with Gasteiger partial charge in [0.25, 0.3) is 0 Å². The summed E-state index contributed by atoms with van der Waals surface area (Å²) < 4.78 is 11.2. The maximum atomic E-state index is 5.62. The van der Waals surface area contributed by atoms with Crippen LogP contribution in [0.5, 0.6) is 0 Å². The molecule has 1 rings (SSSR count). The Morgan fingerprint density at radius 3 is 2.37 bits per heavy atom. The molecule has 1 N–H and O–H groups in total. The van der Waals surface area contributed by atoms with E-state index in [2.05, 4.69) is 24.1 Å². The summed E-state index contributed by atoms with van der Waals surface area (Å²) in [6.07, 6.45) is 3.53. The van der Waals surface area contributed by atoms with Crippen LogP contribution < -0.4 is 5.32 Å². The molecule has 0 amide bonds. The molecule has 0 aliphatic carbocycles. The first-order valence-electron chi connectivity index (χ1n) is 7.88. The molecule has 19 heavy (non-hydrogen) atoms. The van der Waals surface area contributed by atoms with Crippen molar-refractivity contribution >= 4 is 0 Å². The highest BCUT2D eigenvalue weighted by Gasteiger charge is 2.20. The third kappa shape index (κ3) is 6.70. The molecule has 0 spiro atoms. The molecular formula is C15H32N2O2. The summed E-state index contributed by atoms with van der Waals surface area (Å²) in [5.74, 6) is 0. The van der Waals surface area contributed by atoms with Crippen LogP contribution in [0.15, 0.2) is 0 Å². The highest BCUT2D eigenvalue weighted by Crippen LogP contribution is 2.11. The Hall–Kier alpha value is -0.160. The number of hydrogen-bond acceptors (Lipinski definition) is 4. The smallest absolute Gasteiger partial charge is 0.158 e. The molecule has 0 radical (unpaired) electrons. The Morgan fingerprint density at radius 2 is 1.89 bits per heavy atom. The molecule has 4 heteroatoms. The van der Waals surface area contributed by atoms with Crippen LogP contribution in [0.4, 0.5) is 0 Å². The zero-order chi connectivity index (χ0) is 14.1. The van der Waals surface area contributed by atoms with Crippen LogP contribution in [-0.4, -0.2) is 56.1 Å². The second-order valence-electron chi connectivity index (χ2n) is 5.51. The predicted molar refractivity (Wildman–Crippen MR) is 79.4 cm³/mol. The molecule has 1 aliphatic rings. The standard InChI is InChI=1S/C15H32N2O2/c1-5-18-15(19-6-2)9-11-17(13(3)4)12-14-8-7-10-16-14/h13-16H,5-12H2,1-4H3. The Bertz CT molecular complexity index is 212. The van der Waals surface area contributed by atoms with Crippen molar-refractivity contribution in [1.29, 1.82) is 0 Å². The van der Waals surface area contributed by atoms with E-state index >= 15 is 0 Å². The molecule has 4 nitrogen and oxygen atoms in total. The lowest BCUT2D eigenvalue weighted by Crippen LogP contribution is -2.42. The first kappa shape index (κ1) is 16.9. The lowest BCUT2D eigenvalue weighted by atomic mass is 10.2. The van der Waals surface area contributed by atoms with Gasteiger partial charge >= 0.3 is 0 Å². The Labute approximate surface area is 118 Å². The average Bonchev–Trinajstić information content (AvgIpc) is 2.87. The second-order valence-corrected chi connectivity index (χ2v) is 5.51. The summed E-state index contributed by atoms with van der Waals surface area (Å²) in [7, 11) is 0. The van der Waals surface area contributed by atoms with Crippen LogP contribution in [0.1, 0.15) is 47.0 Å². The van der Waals surface area contributed by atoms with Gasteiger partial charge in [0.15, 0.2) is 6.29 Å². The molecule has 0 aromatic carbocycles. The third-order valence-corrected chi connectivity index (χ3v) is 3.70. The normalized spacial score (nSPS) is 20.1. The van der Waals surface area contributed by atoms with Crippen molar-refractivity contribution in [2.45, 2.75) is 65.3 Å². The van der Waals surface area contributed by atoms with Crippen molar-refractivity contribution in [1.82, 2.24) is 10.2 Å². The Balaban J connectivity index is 2.34. The molecule has 1 heterocycles. The minimum absolute atomic E-state index is 0.0483. The fourth-order valence-corrected chi connectivity index (χ4v) is 2.61. The van der Waals surface area contributed by atoms with Crippen molar-refractivity contribution in [3.63, 3.8) is 0 Å². The van der Waals surface area contributed by atoms with Crippen LogP contribution in [-0.2, 0) is 9.47 Å². The zero-order valence-electron chi connectivity index (χ0n) is 13.2. The minimum atomic E-state index is -0.0483. The lowest BCUT2D eigenvalue weighted by Gasteiger charge is -2.30. The molecule has 1 saturated heterocycles. The third-order valence-electron chi connectivity index (χ3n) is 3.70. The summed E-state index contributed by atoms with van der Waals surface area (Å²) >= 11 is 0. The summed E-state index contributed by atoms with van der Waals surface area (Å²) in [6, 6.07) is 1.24. The van der Waals surface area contributed by atoms with Crippen molar-refractivity contribution in [3.05, 3.63) is 0 Å². The summed E-state index contributed by atoms with van der Waals surface area (Å²) in [4.78, 5) is 2.54. The van der Waals surface area contributed by atoms with E-state index in [1.807, 2.05) is 13.8 Å². The first-order valence-corrected chi connectivity index (χ1v) is 7.88. The van der Waals surface area contributed by atoms with Gasteiger partial charge in [-0.15, -0.1) is 0 Å². The van der Waals surface area contributed by atoms with Crippen molar-refractivity contribution in [2.24, 2.45) is 0 Å². The van der Waals surface area contributed by atoms with E-state index in [4.69, 9.17) is 9.47 Å². The molecule has 1 fully saturated rings. The molecule has 1 aliphatic heterocycles. The van der Waals surface area contributed by atoms with Gasteiger partial charge in [0.05, 0.1) is 0 Å². The molecule has 0 bridgehead atoms. The van der Waals surface area contributed by atoms with Gasteiger partial charge in [-0.25, -0.2) is 0 Å². The number of nitrogens with one attached hydrogen (secondary N) is 1. The zero-order valence-corrected chi connectivity index (χ0v) is 13.2. The maximum Gasteiger partial charge on any atom is 0.158 e.